The average Bonchev–Trinajstić information content (AvgIpc) is 2.59. The van der Waals surface area contributed by atoms with Gasteiger partial charge in [-0.1, -0.05) is 12.1 Å². The van der Waals surface area contributed by atoms with Crippen molar-refractivity contribution in [1.82, 2.24) is 10.3 Å². The highest BCUT2D eigenvalue weighted by molar-refractivity contribution is 5.76. The van der Waals surface area contributed by atoms with E-state index in [0.29, 0.717) is 5.56 Å². The van der Waals surface area contributed by atoms with Crippen LogP contribution in [0.5, 0.6) is 0 Å². The van der Waals surface area contributed by atoms with Gasteiger partial charge in [-0.05, 0) is 37.1 Å². The molecule has 1 atom stereocenters. The summed E-state index contributed by atoms with van der Waals surface area (Å²) in [6, 6.07) is 6.67. The molecule has 0 aliphatic rings. The zero-order valence-electron chi connectivity index (χ0n) is 13.8. The van der Waals surface area contributed by atoms with Gasteiger partial charge in [0.15, 0.2) is 0 Å². The third-order valence-corrected chi connectivity index (χ3v) is 3.71. The average molecular weight is 365 g/mol. The Bertz CT molecular complexity index is 826. The highest BCUT2D eigenvalue weighted by Crippen LogP contribution is 2.29. The quantitative estimate of drug-likeness (QED) is 0.817. The Balaban J connectivity index is 1.91. The number of pyridine rings is 1. The first-order chi connectivity index (χ1) is 12.2. The molecule has 1 aromatic heterocycles. The molecule has 1 unspecified atom stereocenters. The van der Waals surface area contributed by atoms with Crippen LogP contribution in [0.3, 0.4) is 0 Å². The minimum Gasteiger partial charge on any atom is -0.348 e. The van der Waals surface area contributed by atoms with E-state index in [2.05, 4.69) is 10.3 Å². The molecule has 1 heterocycles. The van der Waals surface area contributed by atoms with Gasteiger partial charge in [-0.3, -0.25) is 9.78 Å². The van der Waals surface area contributed by atoms with Crippen LogP contribution in [-0.2, 0) is 17.4 Å². The number of nitrogens with one attached hydrogen (secondary N) is 1. The van der Waals surface area contributed by atoms with E-state index in [1.807, 2.05) is 0 Å². The Hall–Kier alpha value is -2.95. The van der Waals surface area contributed by atoms with E-state index in [1.165, 1.54) is 18.3 Å². The van der Waals surface area contributed by atoms with Crippen LogP contribution >= 0.6 is 0 Å². The number of alkyl halides is 3. The largest absolute Gasteiger partial charge is 0.416 e. The lowest BCUT2D eigenvalue weighted by Crippen LogP contribution is -2.28. The first kappa shape index (κ1) is 19.4. The van der Waals surface area contributed by atoms with Crippen LogP contribution in [0, 0.1) is 17.1 Å². The van der Waals surface area contributed by atoms with Gasteiger partial charge in [-0.25, -0.2) is 4.39 Å². The topological polar surface area (TPSA) is 65.8 Å². The monoisotopic (exact) mass is 365 g/mol. The third-order valence-electron chi connectivity index (χ3n) is 3.71. The molecule has 0 aliphatic heterocycles. The van der Waals surface area contributed by atoms with E-state index in [-0.39, 0.29) is 30.0 Å². The summed E-state index contributed by atoms with van der Waals surface area (Å²) in [5, 5.41) is 11.3. The summed E-state index contributed by atoms with van der Waals surface area (Å²) in [7, 11) is 0. The van der Waals surface area contributed by atoms with Crippen LogP contribution in [0.4, 0.5) is 17.6 Å². The fraction of sp³-hybridized carbons (Fsp3) is 0.278. The molecule has 0 bridgehead atoms. The van der Waals surface area contributed by atoms with Gasteiger partial charge in [-0.2, -0.15) is 18.4 Å². The zero-order valence-corrected chi connectivity index (χ0v) is 13.8. The molecule has 0 fully saturated rings. The van der Waals surface area contributed by atoms with Crippen molar-refractivity contribution in [2.45, 2.75) is 32.0 Å². The van der Waals surface area contributed by atoms with Gasteiger partial charge < -0.3 is 5.32 Å². The predicted octanol–water partition coefficient (Wildman–Crippen LogP) is 3.92. The Labute approximate surface area is 147 Å². The number of benzene rings is 1. The first-order valence-corrected chi connectivity index (χ1v) is 7.71. The zero-order chi connectivity index (χ0) is 19.3. The SMILES string of the molecule is CC(NC(=O)CCc1ccc(C(F)(F)F)cc1)c1ncc(C#N)cc1F. The Kier molecular flexibility index (Phi) is 5.93. The predicted molar refractivity (Wildman–Crippen MR) is 85.2 cm³/mol. The van der Waals surface area contributed by atoms with Crippen LogP contribution in [0.15, 0.2) is 36.5 Å². The number of nitriles is 1. The third kappa shape index (κ3) is 5.02. The van der Waals surface area contributed by atoms with E-state index in [4.69, 9.17) is 5.26 Å². The molecule has 0 aliphatic carbocycles. The van der Waals surface area contributed by atoms with Gasteiger partial charge in [-0.15, -0.1) is 0 Å². The summed E-state index contributed by atoms with van der Waals surface area (Å²) in [4.78, 5) is 15.8. The van der Waals surface area contributed by atoms with Gasteiger partial charge in [0, 0.05) is 12.6 Å². The second-order valence-corrected chi connectivity index (χ2v) is 5.69. The molecule has 1 amide bonds. The van der Waals surface area contributed by atoms with Crippen LogP contribution < -0.4 is 5.32 Å². The summed E-state index contributed by atoms with van der Waals surface area (Å²) in [5.41, 5.74) is -0.0795. The Morgan fingerprint density at radius 3 is 2.50 bits per heavy atom. The number of rotatable bonds is 5. The maximum atomic E-state index is 13.9. The van der Waals surface area contributed by atoms with E-state index in [9.17, 15) is 22.4 Å². The van der Waals surface area contributed by atoms with Crippen molar-refractivity contribution in [2.24, 2.45) is 0 Å². The first-order valence-electron chi connectivity index (χ1n) is 7.71. The molecule has 0 saturated carbocycles. The number of hydrogen-bond donors (Lipinski definition) is 1. The second-order valence-electron chi connectivity index (χ2n) is 5.69. The minimum absolute atomic E-state index is 0.00637. The van der Waals surface area contributed by atoms with Crippen LogP contribution in [-0.4, -0.2) is 10.9 Å². The van der Waals surface area contributed by atoms with Crippen molar-refractivity contribution in [2.75, 3.05) is 0 Å². The number of nitrogens with zero attached hydrogens (tertiary/aromatic N) is 2. The molecule has 26 heavy (non-hydrogen) atoms. The summed E-state index contributed by atoms with van der Waals surface area (Å²) >= 11 is 0. The van der Waals surface area contributed by atoms with Crippen molar-refractivity contribution in [3.05, 3.63) is 64.7 Å². The molecule has 1 N–H and O–H groups in total. The van der Waals surface area contributed by atoms with Crippen LogP contribution in [0.1, 0.15) is 41.8 Å². The summed E-state index contributed by atoms with van der Waals surface area (Å²) < 4.78 is 51.4. The van der Waals surface area contributed by atoms with E-state index >= 15 is 0 Å². The minimum atomic E-state index is -4.40. The molecule has 136 valence electrons. The maximum Gasteiger partial charge on any atom is 0.416 e. The van der Waals surface area contributed by atoms with Crippen molar-refractivity contribution in [3.8, 4) is 6.07 Å². The van der Waals surface area contributed by atoms with Crippen LogP contribution in [0.2, 0.25) is 0 Å². The van der Waals surface area contributed by atoms with Gasteiger partial charge in [0.05, 0.1) is 22.9 Å². The molecule has 0 spiro atoms. The number of carbonyl (C=O) groups excluding carboxylic acids is 1. The number of hydrogen-bond acceptors (Lipinski definition) is 3. The lowest BCUT2D eigenvalue weighted by atomic mass is 10.1. The summed E-state index contributed by atoms with van der Waals surface area (Å²) in [6.07, 6.45) is -2.90. The van der Waals surface area contributed by atoms with Crippen molar-refractivity contribution in [3.63, 3.8) is 0 Å². The standard InChI is InChI=1S/C18H15F4N3O/c1-11(17-15(19)8-13(9-23)10-24-17)25-16(26)7-4-12-2-5-14(6-3-12)18(20,21)22/h2-3,5-6,8,10-11H,4,7H2,1H3,(H,25,26). The number of aryl methyl sites for hydroxylation is 1. The molecule has 8 heteroatoms. The fourth-order valence-electron chi connectivity index (χ4n) is 2.33. The molecule has 2 aromatic rings. The van der Waals surface area contributed by atoms with Gasteiger partial charge in [0.25, 0.3) is 0 Å². The van der Waals surface area contributed by atoms with Crippen molar-refractivity contribution in [1.29, 1.82) is 5.26 Å². The van der Waals surface area contributed by atoms with Gasteiger partial charge in [0.2, 0.25) is 5.91 Å². The number of amides is 1. The van der Waals surface area contributed by atoms with E-state index in [0.717, 1.165) is 18.2 Å². The molecule has 1 aromatic carbocycles. The summed E-state index contributed by atoms with van der Waals surface area (Å²) in [5.74, 6) is -1.08. The fourth-order valence-corrected chi connectivity index (χ4v) is 2.33. The maximum absolute atomic E-state index is 13.9. The highest BCUT2D eigenvalue weighted by Gasteiger charge is 2.29. The molecule has 0 radical (unpaired) electrons. The molecule has 4 nitrogen and oxygen atoms in total. The smallest absolute Gasteiger partial charge is 0.348 e. The lowest BCUT2D eigenvalue weighted by molar-refractivity contribution is -0.137. The number of carbonyl (C=O) groups is 1. The molecule has 0 saturated heterocycles. The lowest BCUT2D eigenvalue weighted by Gasteiger charge is -2.14. The Morgan fingerprint density at radius 1 is 1.31 bits per heavy atom. The van der Waals surface area contributed by atoms with Crippen LogP contribution in [0.25, 0.3) is 0 Å². The molecular formula is C18H15F4N3O. The van der Waals surface area contributed by atoms with Gasteiger partial charge >= 0.3 is 6.18 Å². The second kappa shape index (κ2) is 7.95. The van der Waals surface area contributed by atoms with E-state index < -0.39 is 23.6 Å². The van der Waals surface area contributed by atoms with Crippen molar-refractivity contribution >= 4 is 5.91 Å². The molecular weight excluding hydrogens is 350 g/mol. The summed E-state index contributed by atoms with van der Waals surface area (Å²) in [6.45, 7) is 1.55. The number of aromatic nitrogens is 1. The van der Waals surface area contributed by atoms with E-state index in [1.54, 1.807) is 13.0 Å². The van der Waals surface area contributed by atoms with Crippen molar-refractivity contribution < 1.29 is 22.4 Å². The highest BCUT2D eigenvalue weighted by atomic mass is 19.4. The normalized spacial score (nSPS) is 12.3. The number of halogens is 4. The molecule has 2 rings (SSSR count). The Morgan fingerprint density at radius 2 is 1.96 bits per heavy atom. The van der Waals surface area contributed by atoms with Gasteiger partial charge in [0.1, 0.15) is 11.9 Å².